The number of esters is 1. The van der Waals surface area contributed by atoms with E-state index in [0.29, 0.717) is 6.04 Å². The average Bonchev–Trinajstić information content (AvgIpc) is 2.46. The van der Waals surface area contributed by atoms with Gasteiger partial charge >= 0.3 is 5.97 Å². The SMILES string of the molecule is Cc1cc(C)c(C(=O)O[C@@H](C)C[N+](C)(C)C2CCCCC2)c(C)c1. The monoisotopic (exact) mass is 332 g/mol. The summed E-state index contributed by atoms with van der Waals surface area (Å²) in [6.07, 6.45) is 6.56. The van der Waals surface area contributed by atoms with Crippen LogP contribution in [0.2, 0.25) is 0 Å². The van der Waals surface area contributed by atoms with Crippen LogP contribution in [-0.2, 0) is 4.74 Å². The molecule has 1 aromatic rings. The van der Waals surface area contributed by atoms with Gasteiger partial charge in [0, 0.05) is 0 Å². The summed E-state index contributed by atoms with van der Waals surface area (Å²) in [7, 11) is 4.56. The Morgan fingerprint density at radius 2 is 1.67 bits per heavy atom. The maximum Gasteiger partial charge on any atom is 0.339 e. The van der Waals surface area contributed by atoms with Gasteiger partial charge in [0.2, 0.25) is 0 Å². The molecule has 1 atom stereocenters. The van der Waals surface area contributed by atoms with Crippen LogP contribution >= 0.6 is 0 Å². The molecule has 1 fully saturated rings. The summed E-state index contributed by atoms with van der Waals surface area (Å²) in [5.74, 6) is -0.179. The fraction of sp³-hybridized carbons (Fsp3) is 0.667. The largest absolute Gasteiger partial charge is 0.453 e. The predicted molar refractivity (Wildman–Crippen MR) is 99.4 cm³/mol. The van der Waals surface area contributed by atoms with Crippen molar-refractivity contribution in [1.82, 2.24) is 0 Å². The summed E-state index contributed by atoms with van der Waals surface area (Å²) < 4.78 is 6.75. The number of quaternary nitrogens is 1. The molecule has 0 unspecified atom stereocenters. The number of hydrogen-bond donors (Lipinski definition) is 0. The number of benzene rings is 1. The van der Waals surface area contributed by atoms with Crippen LogP contribution in [-0.4, -0.2) is 43.2 Å². The third kappa shape index (κ3) is 4.60. The first-order valence-corrected chi connectivity index (χ1v) is 9.32. The molecule has 0 spiro atoms. The molecule has 2 rings (SSSR count). The highest BCUT2D eigenvalue weighted by molar-refractivity contribution is 5.92. The Morgan fingerprint density at radius 1 is 1.12 bits per heavy atom. The smallest absolute Gasteiger partial charge is 0.339 e. The van der Waals surface area contributed by atoms with Crippen molar-refractivity contribution in [3.05, 3.63) is 34.4 Å². The zero-order valence-electron chi connectivity index (χ0n) is 16.3. The molecule has 0 heterocycles. The molecule has 1 aromatic carbocycles. The maximum absolute atomic E-state index is 12.6. The van der Waals surface area contributed by atoms with Gasteiger partial charge < -0.3 is 9.22 Å². The van der Waals surface area contributed by atoms with E-state index in [-0.39, 0.29) is 12.1 Å². The van der Waals surface area contributed by atoms with Crippen molar-refractivity contribution < 1.29 is 14.0 Å². The first kappa shape index (κ1) is 19.0. The molecule has 134 valence electrons. The Morgan fingerprint density at radius 3 is 2.21 bits per heavy atom. The molecule has 0 aliphatic heterocycles. The van der Waals surface area contributed by atoms with Crippen LogP contribution < -0.4 is 0 Å². The molecular weight excluding hydrogens is 298 g/mol. The van der Waals surface area contributed by atoms with Crippen molar-refractivity contribution in [2.24, 2.45) is 0 Å². The fourth-order valence-corrected chi connectivity index (χ4v) is 4.37. The van der Waals surface area contributed by atoms with E-state index in [9.17, 15) is 4.79 Å². The zero-order valence-corrected chi connectivity index (χ0v) is 16.3. The Balaban J connectivity index is 2.01. The van der Waals surface area contributed by atoms with E-state index in [1.807, 2.05) is 20.8 Å². The van der Waals surface area contributed by atoms with Gasteiger partial charge in [-0.1, -0.05) is 24.1 Å². The number of carbonyl (C=O) groups is 1. The molecule has 1 aliphatic carbocycles. The minimum absolute atomic E-state index is 0.0745. The van der Waals surface area contributed by atoms with Gasteiger partial charge in [0.1, 0.15) is 12.6 Å². The van der Waals surface area contributed by atoms with E-state index in [1.165, 1.54) is 37.7 Å². The number of ether oxygens (including phenoxy) is 1. The summed E-state index contributed by atoms with van der Waals surface area (Å²) in [5, 5.41) is 0. The lowest BCUT2D eigenvalue weighted by molar-refractivity contribution is -0.918. The number of hydrogen-bond acceptors (Lipinski definition) is 2. The summed E-state index contributed by atoms with van der Waals surface area (Å²) in [6, 6.07) is 4.80. The second-order valence-corrected chi connectivity index (χ2v) is 8.24. The van der Waals surface area contributed by atoms with Crippen LogP contribution in [0.3, 0.4) is 0 Å². The molecule has 0 radical (unpaired) electrons. The summed E-state index contributed by atoms with van der Waals surface area (Å²) in [6.45, 7) is 8.94. The molecule has 3 heteroatoms. The highest BCUT2D eigenvalue weighted by Crippen LogP contribution is 2.26. The number of carbonyl (C=O) groups excluding carboxylic acids is 1. The standard InChI is InChI=1S/C21H34NO2/c1-15-12-16(2)20(17(3)13-15)21(23)24-18(4)14-22(5,6)19-10-8-7-9-11-19/h12-13,18-19H,7-11,14H2,1-6H3/q+1/t18-/m0/s1. The molecule has 0 aromatic heterocycles. The molecule has 1 aliphatic rings. The van der Waals surface area contributed by atoms with Gasteiger partial charge in [0.25, 0.3) is 0 Å². The molecule has 0 saturated heterocycles. The Labute approximate surface area is 147 Å². The van der Waals surface area contributed by atoms with Gasteiger partial charge in [-0.2, -0.15) is 0 Å². The molecule has 0 N–H and O–H groups in total. The van der Waals surface area contributed by atoms with Crippen LogP contribution in [0.15, 0.2) is 12.1 Å². The lowest BCUT2D eigenvalue weighted by Crippen LogP contribution is -2.53. The second-order valence-electron chi connectivity index (χ2n) is 8.24. The van der Waals surface area contributed by atoms with Crippen LogP contribution in [0.4, 0.5) is 0 Å². The molecule has 24 heavy (non-hydrogen) atoms. The number of rotatable bonds is 5. The second kappa shape index (κ2) is 7.69. The highest BCUT2D eigenvalue weighted by atomic mass is 16.5. The highest BCUT2D eigenvalue weighted by Gasteiger charge is 2.32. The summed E-state index contributed by atoms with van der Waals surface area (Å²) in [5.41, 5.74) is 3.93. The Kier molecular flexibility index (Phi) is 6.08. The van der Waals surface area contributed by atoms with Gasteiger partial charge in [-0.3, -0.25) is 0 Å². The van der Waals surface area contributed by atoms with Gasteiger partial charge in [-0.05, 0) is 64.5 Å². The molecular formula is C21H34NO2+. The van der Waals surface area contributed by atoms with E-state index < -0.39 is 0 Å². The van der Waals surface area contributed by atoms with E-state index in [1.54, 1.807) is 0 Å². The predicted octanol–water partition coefficient (Wildman–Crippen LogP) is 4.57. The molecule has 0 bridgehead atoms. The van der Waals surface area contributed by atoms with Crippen molar-refractivity contribution in [3.63, 3.8) is 0 Å². The van der Waals surface area contributed by atoms with Crippen molar-refractivity contribution in [2.45, 2.75) is 71.9 Å². The topological polar surface area (TPSA) is 26.3 Å². The van der Waals surface area contributed by atoms with Crippen molar-refractivity contribution in [2.75, 3.05) is 20.6 Å². The summed E-state index contributed by atoms with van der Waals surface area (Å²) in [4.78, 5) is 12.6. The van der Waals surface area contributed by atoms with E-state index >= 15 is 0 Å². The molecule has 3 nitrogen and oxygen atoms in total. The minimum Gasteiger partial charge on any atom is -0.453 e. The van der Waals surface area contributed by atoms with E-state index in [2.05, 4.69) is 33.2 Å². The number of aryl methyl sites for hydroxylation is 3. The van der Waals surface area contributed by atoms with Gasteiger partial charge in [-0.25, -0.2) is 4.79 Å². The van der Waals surface area contributed by atoms with Gasteiger partial charge in [0.05, 0.1) is 25.7 Å². The van der Waals surface area contributed by atoms with Crippen LogP contribution in [0, 0.1) is 20.8 Å². The maximum atomic E-state index is 12.6. The number of likely N-dealkylation sites (N-methyl/N-ethyl adjacent to an activating group) is 1. The third-order valence-electron chi connectivity index (χ3n) is 5.48. The number of nitrogens with zero attached hydrogens (tertiary/aromatic N) is 1. The van der Waals surface area contributed by atoms with Gasteiger partial charge in [0.15, 0.2) is 0 Å². The van der Waals surface area contributed by atoms with E-state index in [0.717, 1.165) is 27.7 Å². The molecule has 1 saturated carbocycles. The van der Waals surface area contributed by atoms with Crippen LogP contribution in [0.1, 0.15) is 66.1 Å². The minimum atomic E-state index is -0.179. The Bertz CT molecular complexity index is 562. The fourth-order valence-electron chi connectivity index (χ4n) is 4.37. The first-order valence-electron chi connectivity index (χ1n) is 9.32. The lowest BCUT2D eigenvalue weighted by Gasteiger charge is -2.41. The van der Waals surface area contributed by atoms with Crippen molar-refractivity contribution in [3.8, 4) is 0 Å². The normalized spacial score (nSPS) is 17.6. The first-order chi connectivity index (χ1) is 11.2. The van der Waals surface area contributed by atoms with E-state index in [4.69, 9.17) is 4.74 Å². The van der Waals surface area contributed by atoms with Gasteiger partial charge in [-0.15, -0.1) is 0 Å². The zero-order chi connectivity index (χ0) is 17.9. The Hall–Kier alpha value is -1.35. The van der Waals surface area contributed by atoms with Crippen molar-refractivity contribution >= 4 is 5.97 Å². The molecule has 0 amide bonds. The quantitative estimate of drug-likeness (QED) is 0.583. The van der Waals surface area contributed by atoms with Crippen LogP contribution in [0.5, 0.6) is 0 Å². The van der Waals surface area contributed by atoms with Crippen molar-refractivity contribution in [1.29, 1.82) is 0 Å². The third-order valence-corrected chi connectivity index (χ3v) is 5.48. The summed E-state index contributed by atoms with van der Waals surface area (Å²) >= 11 is 0. The van der Waals surface area contributed by atoms with Crippen LogP contribution in [0.25, 0.3) is 0 Å². The lowest BCUT2D eigenvalue weighted by atomic mass is 9.93. The average molecular weight is 333 g/mol.